The summed E-state index contributed by atoms with van der Waals surface area (Å²) in [5.74, 6) is 1.01. The minimum Gasteiger partial charge on any atom is -0.383 e. The second-order valence-corrected chi connectivity index (χ2v) is 4.37. The Balaban J connectivity index is 2.24. The summed E-state index contributed by atoms with van der Waals surface area (Å²) in [6.45, 7) is 2.33. The topological polar surface area (TPSA) is 41.8 Å². The maximum atomic E-state index is 5.03. The molecule has 0 radical (unpaired) electrons. The number of hydrogen-bond donors (Lipinski definition) is 1. The summed E-state index contributed by atoms with van der Waals surface area (Å²) in [5.41, 5.74) is 2.15. The number of pyridine rings is 1. The van der Waals surface area contributed by atoms with Crippen LogP contribution >= 0.6 is 0 Å². The smallest absolute Gasteiger partial charge is 0.151 e. The van der Waals surface area contributed by atoms with Crippen molar-refractivity contribution in [1.82, 2.24) is 14.7 Å². The molecule has 0 atom stereocenters. The largest absolute Gasteiger partial charge is 0.383 e. The monoisotopic (exact) mass is 248 g/mol. The van der Waals surface area contributed by atoms with Gasteiger partial charge in [-0.05, 0) is 12.1 Å². The lowest BCUT2D eigenvalue weighted by molar-refractivity contribution is 0.199. The van der Waals surface area contributed by atoms with Crippen LogP contribution in [0.5, 0.6) is 0 Å². The first-order chi connectivity index (χ1) is 8.74. The van der Waals surface area contributed by atoms with Gasteiger partial charge < -0.3 is 19.4 Å². The van der Waals surface area contributed by atoms with Crippen LogP contribution in [0, 0.1) is 0 Å². The van der Waals surface area contributed by atoms with Crippen LogP contribution in [0.25, 0.3) is 5.65 Å². The summed E-state index contributed by atoms with van der Waals surface area (Å²) in [6.07, 6.45) is 2.04. The van der Waals surface area contributed by atoms with Gasteiger partial charge >= 0.3 is 0 Å². The van der Waals surface area contributed by atoms with Gasteiger partial charge in [0, 0.05) is 40.5 Å². The van der Waals surface area contributed by atoms with Crippen LogP contribution in [0.2, 0.25) is 0 Å². The molecule has 0 bridgehead atoms. The average molecular weight is 248 g/mol. The first-order valence-corrected chi connectivity index (χ1v) is 6.07. The van der Waals surface area contributed by atoms with Crippen LogP contribution < -0.4 is 10.2 Å². The highest BCUT2D eigenvalue weighted by atomic mass is 16.5. The molecule has 2 heterocycles. The second-order valence-electron chi connectivity index (χ2n) is 4.37. The minimum atomic E-state index is 0.716. The lowest BCUT2D eigenvalue weighted by atomic mass is 10.4. The van der Waals surface area contributed by atoms with E-state index in [-0.39, 0.29) is 0 Å². The Labute approximate surface area is 107 Å². The fourth-order valence-corrected chi connectivity index (χ4v) is 1.94. The number of rotatable bonds is 6. The number of fused-ring (bicyclic) bond motifs is 1. The van der Waals surface area contributed by atoms with Gasteiger partial charge in [-0.2, -0.15) is 0 Å². The molecule has 2 rings (SSSR count). The van der Waals surface area contributed by atoms with Gasteiger partial charge in [0.2, 0.25) is 0 Å². The van der Waals surface area contributed by atoms with Crippen molar-refractivity contribution in [2.75, 3.05) is 39.3 Å². The number of ether oxygens (including phenoxy) is 1. The Morgan fingerprint density at radius 3 is 2.94 bits per heavy atom. The van der Waals surface area contributed by atoms with Gasteiger partial charge in [-0.1, -0.05) is 6.07 Å². The lowest BCUT2D eigenvalue weighted by Crippen LogP contribution is -2.21. The van der Waals surface area contributed by atoms with E-state index in [0.29, 0.717) is 6.61 Å². The van der Waals surface area contributed by atoms with E-state index in [4.69, 9.17) is 4.74 Å². The molecule has 0 unspecified atom stereocenters. The van der Waals surface area contributed by atoms with Gasteiger partial charge in [0.15, 0.2) is 5.82 Å². The molecule has 2 aromatic rings. The van der Waals surface area contributed by atoms with Crippen molar-refractivity contribution in [3.05, 3.63) is 30.1 Å². The summed E-state index contributed by atoms with van der Waals surface area (Å²) in [5, 5.41) is 3.36. The molecule has 0 aromatic carbocycles. The molecule has 0 aliphatic carbocycles. The Kier molecular flexibility index (Phi) is 4.17. The molecule has 0 spiro atoms. The number of hydrogen-bond acceptors (Lipinski definition) is 4. The highest BCUT2D eigenvalue weighted by Gasteiger charge is 2.12. The third-order valence-corrected chi connectivity index (χ3v) is 2.81. The molecule has 0 fully saturated rings. The van der Waals surface area contributed by atoms with Gasteiger partial charge in [0.25, 0.3) is 0 Å². The molecule has 0 aliphatic heterocycles. The van der Waals surface area contributed by atoms with E-state index in [9.17, 15) is 0 Å². The molecule has 5 nitrogen and oxygen atoms in total. The quantitative estimate of drug-likeness (QED) is 0.778. The Hall–Kier alpha value is -1.59. The van der Waals surface area contributed by atoms with Crippen molar-refractivity contribution in [2.45, 2.75) is 6.54 Å². The number of anilines is 1. The van der Waals surface area contributed by atoms with Crippen molar-refractivity contribution in [1.29, 1.82) is 0 Å². The van der Waals surface area contributed by atoms with E-state index in [2.05, 4.69) is 14.7 Å². The Bertz CT molecular complexity index is 507. The first-order valence-electron chi connectivity index (χ1n) is 6.07. The molecule has 2 aromatic heterocycles. The highest BCUT2D eigenvalue weighted by molar-refractivity contribution is 5.55. The number of nitrogens with one attached hydrogen (secondary N) is 1. The van der Waals surface area contributed by atoms with E-state index in [1.54, 1.807) is 7.11 Å². The van der Waals surface area contributed by atoms with E-state index in [0.717, 1.165) is 24.6 Å². The van der Waals surface area contributed by atoms with Gasteiger partial charge in [-0.25, -0.2) is 4.98 Å². The van der Waals surface area contributed by atoms with Crippen LogP contribution in [0.4, 0.5) is 5.82 Å². The Morgan fingerprint density at radius 1 is 1.39 bits per heavy atom. The van der Waals surface area contributed by atoms with Crippen LogP contribution in [0.15, 0.2) is 24.4 Å². The summed E-state index contributed by atoms with van der Waals surface area (Å²) in [6, 6.07) is 6.04. The number of imidazole rings is 1. The SMILES string of the molecule is COCCNCc1c(N(C)C)nc2ccccn12. The van der Waals surface area contributed by atoms with Gasteiger partial charge in [0.1, 0.15) is 5.65 Å². The highest BCUT2D eigenvalue weighted by Crippen LogP contribution is 2.19. The average Bonchev–Trinajstić information content (AvgIpc) is 2.74. The normalized spacial score (nSPS) is 11.1. The lowest BCUT2D eigenvalue weighted by Gasteiger charge is -2.12. The molecular formula is C13H20N4O. The zero-order valence-electron chi connectivity index (χ0n) is 11.2. The molecule has 5 heteroatoms. The van der Waals surface area contributed by atoms with Gasteiger partial charge in [-0.15, -0.1) is 0 Å². The summed E-state index contributed by atoms with van der Waals surface area (Å²) in [4.78, 5) is 6.67. The molecular weight excluding hydrogens is 228 g/mol. The molecule has 0 saturated heterocycles. The minimum absolute atomic E-state index is 0.716. The number of methoxy groups -OCH3 is 1. The summed E-state index contributed by atoms with van der Waals surface area (Å²) < 4.78 is 7.15. The first kappa shape index (κ1) is 12.9. The zero-order valence-corrected chi connectivity index (χ0v) is 11.2. The van der Waals surface area contributed by atoms with Crippen molar-refractivity contribution in [3.8, 4) is 0 Å². The van der Waals surface area contributed by atoms with Gasteiger partial charge in [-0.3, -0.25) is 0 Å². The molecule has 98 valence electrons. The maximum absolute atomic E-state index is 5.03. The van der Waals surface area contributed by atoms with Crippen molar-refractivity contribution in [2.24, 2.45) is 0 Å². The summed E-state index contributed by atoms with van der Waals surface area (Å²) in [7, 11) is 5.74. The number of aromatic nitrogens is 2. The Morgan fingerprint density at radius 2 is 2.22 bits per heavy atom. The third kappa shape index (κ3) is 2.63. The van der Waals surface area contributed by atoms with Crippen molar-refractivity contribution >= 4 is 11.5 Å². The maximum Gasteiger partial charge on any atom is 0.151 e. The summed E-state index contributed by atoms with van der Waals surface area (Å²) >= 11 is 0. The number of nitrogens with zero attached hydrogens (tertiary/aromatic N) is 3. The standard InChI is InChI=1S/C13H20N4O/c1-16(2)13-11(10-14-7-9-18-3)17-8-5-4-6-12(17)15-13/h4-6,8,14H,7,9-10H2,1-3H3. The second kappa shape index (κ2) is 5.84. The van der Waals surface area contributed by atoms with Crippen molar-refractivity contribution < 1.29 is 4.74 Å². The predicted octanol–water partition coefficient (Wildman–Crippen LogP) is 1.14. The van der Waals surface area contributed by atoms with Crippen LogP contribution in [0.3, 0.4) is 0 Å². The molecule has 0 amide bonds. The molecule has 0 saturated carbocycles. The third-order valence-electron chi connectivity index (χ3n) is 2.81. The van der Waals surface area contributed by atoms with E-state index >= 15 is 0 Å². The van der Waals surface area contributed by atoms with Crippen LogP contribution in [-0.2, 0) is 11.3 Å². The van der Waals surface area contributed by atoms with Crippen LogP contribution in [0.1, 0.15) is 5.69 Å². The predicted molar refractivity (Wildman–Crippen MR) is 73.1 cm³/mol. The van der Waals surface area contributed by atoms with Crippen LogP contribution in [-0.4, -0.2) is 43.7 Å². The molecule has 18 heavy (non-hydrogen) atoms. The molecule has 0 aliphatic rings. The van der Waals surface area contributed by atoms with E-state index in [1.165, 1.54) is 5.69 Å². The van der Waals surface area contributed by atoms with E-state index < -0.39 is 0 Å². The van der Waals surface area contributed by atoms with Gasteiger partial charge in [0.05, 0.1) is 12.3 Å². The van der Waals surface area contributed by atoms with Crippen molar-refractivity contribution in [3.63, 3.8) is 0 Å². The fraction of sp³-hybridized carbons (Fsp3) is 0.462. The zero-order chi connectivity index (χ0) is 13.0. The fourth-order valence-electron chi connectivity index (χ4n) is 1.94. The van der Waals surface area contributed by atoms with E-state index in [1.807, 2.05) is 43.4 Å². The molecule has 1 N–H and O–H groups in total.